The number of aliphatic carboxylic acids is 1. The number of carboxylic acids is 1. The van der Waals surface area contributed by atoms with Crippen molar-refractivity contribution in [3.63, 3.8) is 0 Å². The molecule has 1 aromatic carbocycles. The van der Waals surface area contributed by atoms with Gasteiger partial charge < -0.3 is 10.4 Å². The van der Waals surface area contributed by atoms with Gasteiger partial charge in [-0.25, -0.2) is 0 Å². The SMILES string of the molecule is Cn1cc(C(=O)Nc2ccc(-c3ccc(C4CCC(CC(=O)O)CC4)cc3)nc2)c(C(F)(F)F)n1. The Morgan fingerprint density at radius 1 is 1.09 bits per heavy atom. The summed E-state index contributed by atoms with van der Waals surface area (Å²) in [4.78, 5) is 27.6. The van der Waals surface area contributed by atoms with E-state index in [0.29, 0.717) is 11.6 Å². The molecule has 0 unspecified atom stereocenters. The molecular weight excluding hydrogens is 461 g/mol. The van der Waals surface area contributed by atoms with Crippen LogP contribution in [-0.4, -0.2) is 31.7 Å². The minimum absolute atomic E-state index is 0.236. The lowest BCUT2D eigenvalue weighted by Gasteiger charge is -2.28. The Kier molecular flexibility index (Phi) is 6.90. The van der Waals surface area contributed by atoms with E-state index in [-0.39, 0.29) is 18.0 Å². The van der Waals surface area contributed by atoms with Crippen LogP contribution in [0.2, 0.25) is 0 Å². The van der Waals surface area contributed by atoms with Gasteiger partial charge in [-0.3, -0.25) is 19.3 Å². The number of rotatable bonds is 6. The topological polar surface area (TPSA) is 97.1 Å². The molecule has 10 heteroatoms. The first-order chi connectivity index (χ1) is 16.6. The molecule has 7 nitrogen and oxygen atoms in total. The van der Waals surface area contributed by atoms with Crippen molar-refractivity contribution in [2.24, 2.45) is 13.0 Å². The maximum absolute atomic E-state index is 13.1. The number of benzene rings is 1. The summed E-state index contributed by atoms with van der Waals surface area (Å²) in [5, 5.41) is 14.8. The van der Waals surface area contributed by atoms with E-state index < -0.39 is 29.3 Å². The van der Waals surface area contributed by atoms with Gasteiger partial charge in [0.2, 0.25) is 0 Å². The van der Waals surface area contributed by atoms with Crippen LogP contribution in [0, 0.1) is 5.92 Å². The third-order valence-electron chi connectivity index (χ3n) is 6.35. The second kappa shape index (κ2) is 9.89. The van der Waals surface area contributed by atoms with Gasteiger partial charge in [0.1, 0.15) is 0 Å². The lowest BCUT2D eigenvalue weighted by molar-refractivity contribution is -0.142. The number of amides is 1. The number of carbonyl (C=O) groups excluding carboxylic acids is 1. The summed E-state index contributed by atoms with van der Waals surface area (Å²) in [6, 6.07) is 11.3. The van der Waals surface area contributed by atoms with Crippen LogP contribution >= 0.6 is 0 Å². The number of carbonyl (C=O) groups is 2. The van der Waals surface area contributed by atoms with Gasteiger partial charge in [0.25, 0.3) is 5.91 Å². The molecule has 3 aromatic rings. The highest BCUT2D eigenvalue weighted by Crippen LogP contribution is 2.37. The monoisotopic (exact) mass is 486 g/mol. The van der Waals surface area contributed by atoms with E-state index in [1.54, 1.807) is 12.1 Å². The Balaban J connectivity index is 1.39. The van der Waals surface area contributed by atoms with E-state index >= 15 is 0 Å². The molecule has 4 rings (SSSR count). The number of halogens is 3. The van der Waals surface area contributed by atoms with Crippen LogP contribution in [0.15, 0.2) is 48.8 Å². The molecule has 2 aromatic heterocycles. The molecule has 0 saturated heterocycles. The van der Waals surface area contributed by atoms with Crippen LogP contribution in [0.4, 0.5) is 18.9 Å². The summed E-state index contributed by atoms with van der Waals surface area (Å²) in [6.45, 7) is 0. The van der Waals surface area contributed by atoms with Gasteiger partial charge in [-0.2, -0.15) is 18.3 Å². The molecule has 2 N–H and O–H groups in total. The Labute approximate surface area is 200 Å². The van der Waals surface area contributed by atoms with Crippen molar-refractivity contribution in [1.29, 1.82) is 0 Å². The maximum Gasteiger partial charge on any atom is 0.435 e. The van der Waals surface area contributed by atoms with E-state index in [9.17, 15) is 22.8 Å². The molecule has 1 aliphatic carbocycles. The molecule has 1 amide bonds. The first-order valence-electron chi connectivity index (χ1n) is 11.3. The number of hydrogen-bond donors (Lipinski definition) is 2. The number of anilines is 1. The first kappa shape index (κ1) is 24.4. The zero-order valence-electron chi connectivity index (χ0n) is 19.0. The van der Waals surface area contributed by atoms with Gasteiger partial charge in [0.15, 0.2) is 5.69 Å². The number of pyridine rings is 1. The van der Waals surface area contributed by atoms with Gasteiger partial charge in [0, 0.05) is 25.2 Å². The average molecular weight is 486 g/mol. The molecule has 2 heterocycles. The largest absolute Gasteiger partial charge is 0.481 e. The fourth-order valence-corrected chi connectivity index (χ4v) is 4.57. The smallest absolute Gasteiger partial charge is 0.435 e. The second-order valence-electron chi connectivity index (χ2n) is 8.89. The highest BCUT2D eigenvalue weighted by atomic mass is 19.4. The minimum Gasteiger partial charge on any atom is -0.481 e. The van der Waals surface area contributed by atoms with Crippen molar-refractivity contribution < 1.29 is 27.9 Å². The van der Waals surface area contributed by atoms with Gasteiger partial charge in [0.05, 0.1) is 23.1 Å². The van der Waals surface area contributed by atoms with Crippen molar-refractivity contribution in [2.45, 2.75) is 44.2 Å². The second-order valence-corrected chi connectivity index (χ2v) is 8.89. The summed E-state index contributed by atoms with van der Waals surface area (Å²) >= 11 is 0. The highest BCUT2D eigenvalue weighted by Gasteiger charge is 2.39. The fraction of sp³-hybridized carbons (Fsp3) is 0.360. The average Bonchev–Trinajstić information content (AvgIpc) is 3.22. The van der Waals surface area contributed by atoms with Gasteiger partial charge >= 0.3 is 12.1 Å². The van der Waals surface area contributed by atoms with Crippen molar-refractivity contribution in [3.8, 4) is 11.3 Å². The molecule has 1 aliphatic rings. The van der Waals surface area contributed by atoms with E-state index in [2.05, 4.69) is 27.5 Å². The summed E-state index contributed by atoms with van der Waals surface area (Å²) in [5.74, 6) is -0.987. The number of hydrogen-bond acceptors (Lipinski definition) is 4. The maximum atomic E-state index is 13.1. The minimum atomic E-state index is -4.74. The number of aromatic nitrogens is 3. The van der Waals surface area contributed by atoms with Crippen LogP contribution in [0.1, 0.15) is 59.6 Å². The number of nitrogens with one attached hydrogen (secondary N) is 1. The van der Waals surface area contributed by atoms with Crippen molar-refractivity contribution >= 4 is 17.6 Å². The van der Waals surface area contributed by atoms with E-state index in [0.717, 1.165) is 42.1 Å². The third kappa shape index (κ3) is 5.87. The molecule has 0 bridgehead atoms. The predicted octanol–water partition coefficient (Wildman–Crippen LogP) is 5.50. The van der Waals surface area contributed by atoms with Crippen LogP contribution in [0.25, 0.3) is 11.3 Å². The van der Waals surface area contributed by atoms with Gasteiger partial charge in [-0.15, -0.1) is 0 Å². The summed E-state index contributed by atoms with van der Waals surface area (Å²) in [6.07, 6.45) is 1.69. The number of alkyl halides is 3. The molecule has 0 spiro atoms. The standard InChI is InChI=1S/C25H25F3N4O3/c1-32-14-20(23(31-32)25(26,27)28)24(35)30-19-10-11-21(29-13-19)18-8-6-17(7-9-18)16-4-2-15(3-5-16)12-22(33)34/h6-11,13-16H,2-5,12H2,1H3,(H,30,35)(H,33,34). The van der Waals surface area contributed by atoms with E-state index in [1.165, 1.54) is 18.8 Å². The molecule has 0 aliphatic heterocycles. The lowest BCUT2D eigenvalue weighted by Crippen LogP contribution is -2.17. The Morgan fingerprint density at radius 2 is 1.77 bits per heavy atom. The molecule has 35 heavy (non-hydrogen) atoms. The Bertz CT molecular complexity index is 1200. The fourth-order valence-electron chi connectivity index (χ4n) is 4.57. The predicted molar refractivity (Wildman–Crippen MR) is 123 cm³/mol. The van der Waals surface area contributed by atoms with Crippen molar-refractivity contribution in [1.82, 2.24) is 14.8 Å². The zero-order valence-corrected chi connectivity index (χ0v) is 19.0. The Morgan fingerprint density at radius 3 is 2.34 bits per heavy atom. The third-order valence-corrected chi connectivity index (χ3v) is 6.35. The normalized spacial score (nSPS) is 18.3. The van der Waals surface area contributed by atoms with Crippen LogP contribution < -0.4 is 5.32 Å². The first-order valence-corrected chi connectivity index (χ1v) is 11.3. The van der Waals surface area contributed by atoms with E-state index in [1.807, 2.05) is 12.1 Å². The molecule has 184 valence electrons. The molecule has 1 fully saturated rings. The van der Waals surface area contributed by atoms with Gasteiger partial charge in [-0.05, 0) is 55.2 Å². The van der Waals surface area contributed by atoms with Crippen LogP contribution in [0.3, 0.4) is 0 Å². The quantitative estimate of drug-likeness (QED) is 0.480. The van der Waals surface area contributed by atoms with E-state index in [4.69, 9.17) is 5.11 Å². The summed E-state index contributed by atoms with van der Waals surface area (Å²) < 4.78 is 40.3. The lowest BCUT2D eigenvalue weighted by atomic mass is 9.77. The number of carboxylic acid groups (broad SMARTS) is 1. The molecular formula is C25H25F3N4O3. The highest BCUT2D eigenvalue weighted by molar-refractivity contribution is 6.05. The van der Waals surface area contributed by atoms with Crippen molar-refractivity contribution in [2.75, 3.05) is 5.32 Å². The number of aryl methyl sites for hydroxylation is 1. The summed E-state index contributed by atoms with van der Waals surface area (Å²) in [5.41, 5.74) is 1.22. The van der Waals surface area contributed by atoms with Crippen LogP contribution in [-0.2, 0) is 18.0 Å². The summed E-state index contributed by atoms with van der Waals surface area (Å²) in [7, 11) is 1.32. The Hall–Kier alpha value is -3.69. The van der Waals surface area contributed by atoms with Crippen molar-refractivity contribution in [3.05, 3.63) is 65.6 Å². The van der Waals surface area contributed by atoms with Crippen LogP contribution in [0.5, 0.6) is 0 Å². The molecule has 1 saturated carbocycles. The molecule has 0 radical (unpaired) electrons. The number of nitrogens with zero attached hydrogens (tertiary/aromatic N) is 3. The molecule has 0 atom stereocenters. The zero-order chi connectivity index (χ0) is 25.2. The van der Waals surface area contributed by atoms with Gasteiger partial charge in [-0.1, -0.05) is 24.3 Å².